The van der Waals surface area contributed by atoms with Crippen LogP contribution >= 0.6 is 12.4 Å². The monoisotopic (exact) mass is 390 g/mol. The average molecular weight is 391 g/mol. The summed E-state index contributed by atoms with van der Waals surface area (Å²) in [6.07, 6.45) is 2.53. The van der Waals surface area contributed by atoms with E-state index >= 15 is 0 Å². The van der Waals surface area contributed by atoms with Crippen LogP contribution in [0.15, 0.2) is 42.5 Å². The number of fused-ring (bicyclic) bond motifs is 1. The smallest absolute Gasteiger partial charge is 0.254 e. The lowest BCUT2D eigenvalue weighted by molar-refractivity contribution is 0.0762. The zero-order chi connectivity index (χ0) is 18.4. The fraction of sp³-hybridized carbons (Fsp3) is 0.381. The van der Waals surface area contributed by atoms with Gasteiger partial charge in [0.25, 0.3) is 5.91 Å². The minimum absolute atomic E-state index is 0. The number of nitrogens with two attached hydrogens (primary N) is 1. The van der Waals surface area contributed by atoms with E-state index in [1.165, 1.54) is 11.1 Å². The van der Waals surface area contributed by atoms with Crippen molar-refractivity contribution >= 4 is 18.3 Å². The quantitative estimate of drug-likeness (QED) is 0.770. The first kappa shape index (κ1) is 21.1. The van der Waals surface area contributed by atoms with Crippen molar-refractivity contribution in [2.75, 3.05) is 33.4 Å². The summed E-state index contributed by atoms with van der Waals surface area (Å²) in [7, 11) is 1.60. The van der Waals surface area contributed by atoms with Crippen LogP contribution in [0.4, 0.5) is 0 Å². The molecule has 5 nitrogen and oxygen atoms in total. The fourth-order valence-corrected chi connectivity index (χ4v) is 3.24. The van der Waals surface area contributed by atoms with Gasteiger partial charge in [-0.15, -0.1) is 12.4 Å². The summed E-state index contributed by atoms with van der Waals surface area (Å²) in [4.78, 5) is 14.9. The standard InChI is InChI=1S/C21H26N2O3.ClH/c1-25-19-8-7-18(15-20(19)26-14-4-11-22)21(24)23-12-9-16-5-2-3-6-17(16)10-13-23;/h2-3,5-8,15H,4,9-14,22H2,1H3;1H. The Morgan fingerprint density at radius 1 is 1.07 bits per heavy atom. The molecule has 0 atom stereocenters. The largest absolute Gasteiger partial charge is 0.493 e. The predicted octanol–water partition coefficient (Wildman–Crippen LogP) is 3.09. The Morgan fingerprint density at radius 2 is 1.74 bits per heavy atom. The summed E-state index contributed by atoms with van der Waals surface area (Å²) in [5.41, 5.74) is 8.82. The minimum atomic E-state index is 0. The van der Waals surface area contributed by atoms with Crippen LogP contribution in [-0.4, -0.2) is 44.2 Å². The molecule has 0 spiro atoms. The van der Waals surface area contributed by atoms with Crippen LogP contribution in [0.5, 0.6) is 11.5 Å². The molecule has 0 saturated carbocycles. The lowest BCUT2D eigenvalue weighted by atomic mass is 10.0. The van der Waals surface area contributed by atoms with E-state index in [0.717, 1.165) is 32.4 Å². The molecule has 1 amide bonds. The van der Waals surface area contributed by atoms with E-state index in [9.17, 15) is 4.79 Å². The molecule has 3 rings (SSSR count). The molecule has 6 heteroatoms. The number of benzene rings is 2. The van der Waals surface area contributed by atoms with Crippen molar-refractivity contribution in [1.82, 2.24) is 4.90 Å². The van der Waals surface area contributed by atoms with Crippen molar-refractivity contribution in [3.8, 4) is 11.5 Å². The Labute approximate surface area is 166 Å². The van der Waals surface area contributed by atoms with Crippen LogP contribution in [-0.2, 0) is 12.8 Å². The fourth-order valence-electron chi connectivity index (χ4n) is 3.24. The molecule has 1 heterocycles. The molecular weight excluding hydrogens is 364 g/mol. The normalized spacial score (nSPS) is 13.2. The molecule has 2 N–H and O–H groups in total. The molecule has 0 unspecified atom stereocenters. The van der Waals surface area contributed by atoms with Crippen LogP contribution in [0.1, 0.15) is 27.9 Å². The summed E-state index contributed by atoms with van der Waals surface area (Å²) >= 11 is 0. The van der Waals surface area contributed by atoms with Crippen molar-refractivity contribution in [3.63, 3.8) is 0 Å². The number of rotatable bonds is 6. The summed E-state index contributed by atoms with van der Waals surface area (Å²) in [6.45, 7) is 2.52. The van der Waals surface area contributed by atoms with Crippen molar-refractivity contribution in [1.29, 1.82) is 0 Å². The Bertz CT molecular complexity index is 740. The van der Waals surface area contributed by atoms with Gasteiger partial charge in [0.05, 0.1) is 13.7 Å². The molecule has 0 bridgehead atoms. The Hall–Kier alpha value is -2.24. The van der Waals surface area contributed by atoms with Crippen molar-refractivity contribution in [2.45, 2.75) is 19.3 Å². The molecule has 0 aliphatic carbocycles. The third-order valence-corrected chi connectivity index (χ3v) is 4.72. The minimum Gasteiger partial charge on any atom is -0.493 e. The maximum atomic E-state index is 13.0. The number of halogens is 1. The molecule has 1 aliphatic heterocycles. The number of amides is 1. The van der Waals surface area contributed by atoms with Crippen LogP contribution < -0.4 is 15.2 Å². The van der Waals surface area contributed by atoms with E-state index in [2.05, 4.69) is 24.3 Å². The number of ether oxygens (including phenoxy) is 2. The highest BCUT2D eigenvalue weighted by atomic mass is 35.5. The molecular formula is C21H27ClN2O3. The van der Waals surface area contributed by atoms with Gasteiger partial charge in [-0.2, -0.15) is 0 Å². The van der Waals surface area contributed by atoms with Gasteiger partial charge in [-0.1, -0.05) is 24.3 Å². The van der Waals surface area contributed by atoms with Crippen molar-refractivity contribution in [2.24, 2.45) is 5.73 Å². The zero-order valence-corrected chi connectivity index (χ0v) is 16.5. The van der Waals surface area contributed by atoms with E-state index in [1.807, 2.05) is 4.90 Å². The lowest BCUT2D eigenvalue weighted by Crippen LogP contribution is -2.33. The van der Waals surface area contributed by atoms with Gasteiger partial charge in [0.2, 0.25) is 0 Å². The molecule has 27 heavy (non-hydrogen) atoms. The van der Waals surface area contributed by atoms with Gasteiger partial charge >= 0.3 is 0 Å². The molecule has 0 saturated heterocycles. The molecule has 146 valence electrons. The highest BCUT2D eigenvalue weighted by Crippen LogP contribution is 2.29. The summed E-state index contributed by atoms with van der Waals surface area (Å²) < 4.78 is 11.1. The van der Waals surface area contributed by atoms with Crippen molar-refractivity contribution in [3.05, 3.63) is 59.2 Å². The van der Waals surface area contributed by atoms with E-state index < -0.39 is 0 Å². The van der Waals surface area contributed by atoms with Gasteiger partial charge in [0.1, 0.15) is 0 Å². The Morgan fingerprint density at radius 3 is 2.33 bits per heavy atom. The van der Waals surface area contributed by atoms with E-state index in [4.69, 9.17) is 15.2 Å². The third kappa shape index (κ3) is 5.15. The van der Waals surface area contributed by atoms with E-state index in [-0.39, 0.29) is 18.3 Å². The number of methoxy groups -OCH3 is 1. The van der Waals surface area contributed by atoms with Crippen LogP contribution in [0.2, 0.25) is 0 Å². The molecule has 2 aromatic rings. The average Bonchev–Trinajstić information content (AvgIpc) is 2.90. The molecule has 1 aliphatic rings. The van der Waals surface area contributed by atoms with Gasteiger partial charge in [0, 0.05) is 18.7 Å². The first-order valence-corrected chi connectivity index (χ1v) is 9.10. The molecule has 0 radical (unpaired) electrons. The number of hydrogen-bond donors (Lipinski definition) is 1. The number of hydrogen-bond acceptors (Lipinski definition) is 4. The predicted molar refractivity (Wildman–Crippen MR) is 109 cm³/mol. The number of nitrogens with zero attached hydrogens (tertiary/aromatic N) is 1. The topological polar surface area (TPSA) is 64.8 Å². The summed E-state index contributed by atoms with van der Waals surface area (Å²) in [5, 5.41) is 0. The lowest BCUT2D eigenvalue weighted by Gasteiger charge is -2.21. The second-order valence-electron chi connectivity index (χ2n) is 6.42. The van der Waals surface area contributed by atoms with Crippen LogP contribution in [0, 0.1) is 0 Å². The van der Waals surface area contributed by atoms with Crippen LogP contribution in [0.25, 0.3) is 0 Å². The Kier molecular flexibility index (Phi) is 7.95. The van der Waals surface area contributed by atoms with Crippen LogP contribution in [0.3, 0.4) is 0 Å². The number of carbonyl (C=O) groups is 1. The highest BCUT2D eigenvalue weighted by molar-refractivity contribution is 5.95. The van der Waals surface area contributed by atoms with Gasteiger partial charge in [-0.25, -0.2) is 0 Å². The maximum Gasteiger partial charge on any atom is 0.254 e. The molecule has 2 aromatic carbocycles. The highest BCUT2D eigenvalue weighted by Gasteiger charge is 2.21. The van der Waals surface area contributed by atoms with E-state index in [1.54, 1.807) is 25.3 Å². The zero-order valence-electron chi connectivity index (χ0n) is 15.6. The maximum absolute atomic E-state index is 13.0. The first-order valence-electron chi connectivity index (χ1n) is 9.10. The van der Waals surface area contributed by atoms with Gasteiger partial charge in [-0.3, -0.25) is 4.79 Å². The summed E-state index contributed by atoms with van der Waals surface area (Å²) in [6, 6.07) is 13.8. The second-order valence-corrected chi connectivity index (χ2v) is 6.42. The first-order chi connectivity index (χ1) is 12.7. The third-order valence-electron chi connectivity index (χ3n) is 4.72. The second kappa shape index (κ2) is 10.2. The van der Waals surface area contributed by atoms with Gasteiger partial charge in [0.15, 0.2) is 11.5 Å². The van der Waals surface area contributed by atoms with Crippen molar-refractivity contribution < 1.29 is 14.3 Å². The summed E-state index contributed by atoms with van der Waals surface area (Å²) in [5.74, 6) is 1.25. The Balaban J connectivity index is 0.00000261. The van der Waals surface area contributed by atoms with Gasteiger partial charge < -0.3 is 20.1 Å². The van der Waals surface area contributed by atoms with Gasteiger partial charge in [-0.05, 0) is 55.1 Å². The molecule has 0 fully saturated rings. The number of carbonyl (C=O) groups excluding carboxylic acids is 1. The molecule has 0 aromatic heterocycles. The SMILES string of the molecule is COc1ccc(C(=O)N2CCc3ccccc3CC2)cc1OCCCN.Cl. The van der Waals surface area contributed by atoms with E-state index in [0.29, 0.717) is 30.2 Å².